The first-order valence-corrected chi connectivity index (χ1v) is 14.5. The Kier molecular flexibility index (Phi) is 11.0. The summed E-state index contributed by atoms with van der Waals surface area (Å²) >= 11 is 0. The number of aromatic nitrogens is 1. The van der Waals surface area contributed by atoms with Crippen LogP contribution in [0.25, 0.3) is 0 Å². The molecule has 0 fully saturated rings. The van der Waals surface area contributed by atoms with Gasteiger partial charge in [0.05, 0.1) is 13.7 Å². The summed E-state index contributed by atoms with van der Waals surface area (Å²) in [7, 11) is 1.67. The molecule has 0 saturated heterocycles. The molecule has 0 unspecified atom stereocenters. The minimum Gasteiger partial charge on any atom is -0.497 e. The first-order valence-electron chi connectivity index (χ1n) is 14.5. The lowest BCUT2D eigenvalue weighted by atomic mass is 10.0. The summed E-state index contributed by atoms with van der Waals surface area (Å²) in [4.78, 5) is 31.1. The molecule has 1 heterocycles. The molecule has 2 aromatic carbocycles. The van der Waals surface area contributed by atoms with Crippen molar-refractivity contribution in [1.82, 2.24) is 14.4 Å². The Morgan fingerprint density at radius 3 is 2.33 bits per heavy atom. The van der Waals surface area contributed by atoms with Gasteiger partial charge < -0.3 is 19.1 Å². The maximum Gasteiger partial charge on any atom is 0.254 e. The summed E-state index contributed by atoms with van der Waals surface area (Å²) in [5.41, 5.74) is 3.61. The third-order valence-corrected chi connectivity index (χ3v) is 7.06. The zero-order valence-electron chi connectivity index (χ0n) is 25.4. The van der Waals surface area contributed by atoms with Crippen LogP contribution in [0.5, 0.6) is 5.75 Å². The molecular weight excluding hydrogens is 498 g/mol. The minimum atomic E-state index is -0.421. The molecular formula is C34H47N3O3. The van der Waals surface area contributed by atoms with E-state index in [9.17, 15) is 9.59 Å². The monoisotopic (exact) mass is 545 g/mol. The minimum absolute atomic E-state index is 0.0441. The van der Waals surface area contributed by atoms with Crippen LogP contribution in [0, 0.1) is 5.92 Å². The molecule has 40 heavy (non-hydrogen) atoms. The zero-order chi connectivity index (χ0) is 29.3. The molecule has 6 heteroatoms. The molecule has 0 aliphatic heterocycles. The maximum atomic E-state index is 13.9. The molecule has 216 valence electrons. The molecule has 0 radical (unpaired) electrons. The maximum absolute atomic E-state index is 13.9. The first kappa shape index (κ1) is 31.0. The normalized spacial score (nSPS) is 11.5. The van der Waals surface area contributed by atoms with Gasteiger partial charge in [-0.25, -0.2) is 0 Å². The van der Waals surface area contributed by atoms with Crippen LogP contribution in [0.1, 0.15) is 81.6 Å². The van der Waals surface area contributed by atoms with E-state index in [2.05, 4.69) is 37.5 Å². The number of carbonyl (C=O) groups is 2. The Morgan fingerprint density at radius 1 is 0.975 bits per heavy atom. The number of unbranched alkanes of at least 4 members (excludes halogenated alkanes) is 1. The smallest absolute Gasteiger partial charge is 0.254 e. The second kappa shape index (κ2) is 14.2. The van der Waals surface area contributed by atoms with E-state index in [-0.39, 0.29) is 24.3 Å². The molecule has 6 nitrogen and oxygen atoms in total. The predicted octanol–water partition coefficient (Wildman–Crippen LogP) is 6.81. The number of rotatable bonds is 13. The van der Waals surface area contributed by atoms with Gasteiger partial charge in [-0.15, -0.1) is 0 Å². The van der Waals surface area contributed by atoms with Gasteiger partial charge in [0.25, 0.3) is 5.91 Å². The van der Waals surface area contributed by atoms with E-state index in [1.165, 1.54) is 5.56 Å². The summed E-state index contributed by atoms with van der Waals surface area (Å²) in [5, 5.41) is 0. The third-order valence-electron chi connectivity index (χ3n) is 7.06. The van der Waals surface area contributed by atoms with Gasteiger partial charge >= 0.3 is 0 Å². The van der Waals surface area contributed by atoms with Gasteiger partial charge in [-0.05, 0) is 87.1 Å². The molecule has 2 amide bonds. The molecule has 0 aliphatic rings. The molecule has 0 bridgehead atoms. The Labute approximate surface area is 240 Å². The highest BCUT2D eigenvalue weighted by Gasteiger charge is 2.30. The molecule has 0 spiro atoms. The standard InChI is InChI=1S/C34H47N3O3/c1-8-9-12-27-16-18-29(19-17-27)33(39)36(22-26(2)3)25-32(38)37(34(4,5)6)24-30-14-11-20-35(30)23-28-13-10-15-31(21-28)40-7/h10-11,13-21,26H,8-9,12,22-25H2,1-7H3. The van der Waals surface area contributed by atoms with Crippen molar-refractivity contribution in [1.29, 1.82) is 0 Å². The van der Waals surface area contributed by atoms with Crippen molar-refractivity contribution in [3.05, 3.63) is 89.2 Å². The Bertz CT molecular complexity index is 1240. The fourth-order valence-corrected chi connectivity index (χ4v) is 4.86. The number of hydrogen-bond donors (Lipinski definition) is 0. The van der Waals surface area contributed by atoms with Crippen molar-refractivity contribution < 1.29 is 14.3 Å². The Balaban J connectivity index is 1.79. The number of methoxy groups -OCH3 is 1. The molecule has 1 aromatic heterocycles. The van der Waals surface area contributed by atoms with E-state index >= 15 is 0 Å². The highest BCUT2D eigenvalue weighted by Crippen LogP contribution is 2.21. The number of benzene rings is 2. The van der Waals surface area contributed by atoms with E-state index in [4.69, 9.17) is 4.74 Å². The lowest BCUT2D eigenvalue weighted by Gasteiger charge is -2.38. The number of nitrogens with zero attached hydrogens (tertiary/aromatic N) is 3. The van der Waals surface area contributed by atoms with E-state index < -0.39 is 5.54 Å². The molecule has 3 aromatic rings. The Morgan fingerprint density at radius 2 is 1.70 bits per heavy atom. The van der Waals surface area contributed by atoms with Crippen LogP contribution in [-0.2, 0) is 24.3 Å². The molecule has 0 N–H and O–H groups in total. The van der Waals surface area contributed by atoms with Gasteiger partial charge in [-0.1, -0.05) is 51.5 Å². The van der Waals surface area contributed by atoms with Crippen molar-refractivity contribution in [3.8, 4) is 5.75 Å². The van der Waals surface area contributed by atoms with Crippen molar-refractivity contribution in [3.63, 3.8) is 0 Å². The van der Waals surface area contributed by atoms with Crippen LogP contribution in [0.2, 0.25) is 0 Å². The van der Waals surface area contributed by atoms with E-state index in [1.54, 1.807) is 12.0 Å². The molecule has 0 aliphatic carbocycles. The number of carbonyl (C=O) groups excluding carboxylic acids is 2. The SMILES string of the molecule is CCCCc1ccc(C(=O)N(CC(=O)N(Cc2cccn2Cc2cccc(OC)c2)C(C)(C)C)CC(C)C)cc1. The molecule has 0 atom stereocenters. The average Bonchev–Trinajstić information content (AvgIpc) is 3.35. The third kappa shape index (κ3) is 8.73. The van der Waals surface area contributed by atoms with Gasteiger partial charge in [-0.3, -0.25) is 9.59 Å². The largest absolute Gasteiger partial charge is 0.497 e. The van der Waals surface area contributed by atoms with Crippen molar-refractivity contribution in [2.75, 3.05) is 20.2 Å². The van der Waals surface area contributed by atoms with E-state index in [0.717, 1.165) is 36.3 Å². The Hall–Kier alpha value is -3.54. The van der Waals surface area contributed by atoms with Crippen LogP contribution >= 0.6 is 0 Å². The molecule has 3 rings (SSSR count). The average molecular weight is 546 g/mol. The van der Waals surface area contributed by atoms with Gasteiger partial charge in [-0.2, -0.15) is 0 Å². The summed E-state index contributed by atoms with van der Waals surface area (Å²) in [5.74, 6) is 0.904. The fourth-order valence-electron chi connectivity index (χ4n) is 4.86. The second-order valence-electron chi connectivity index (χ2n) is 12.0. The number of amides is 2. The van der Waals surface area contributed by atoms with Crippen molar-refractivity contribution >= 4 is 11.8 Å². The van der Waals surface area contributed by atoms with E-state index in [1.807, 2.05) is 80.4 Å². The van der Waals surface area contributed by atoms with Crippen LogP contribution in [0.4, 0.5) is 0 Å². The van der Waals surface area contributed by atoms with Gasteiger partial charge in [0.15, 0.2) is 0 Å². The van der Waals surface area contributed by atoms with Gasteiger partial charge in [0, 0.05) is 36.1 Å². The summed E-state index contributed by atoms with van der Waals surface area (Å²) in [6.07, 6.45) is 5.33. The van der Waals surface area contributed by atoms with E-state index in [0.29, 0.717) is 25.2 Å². The predicted molar refractivity (Wildman–Crippen MR) is 163 cm³/mol. The van der Waals surface area contributed by atoms with Crippen LogP contribution < -0.4 is 4.74 Å². The van der Waals surface area contributed by atoms with Crippen molar-refractivity contribution in [2.45, 2.75) is 79.4 Å². The number of hydrogen-bond acceptors (Lipinski definition) is 3. The summed E-state index contributed by atoms with van der Waals surface area (Å²) < 4.78 is 7.55. The highest BCUT2D eigenvalue weighted by atomic mass is 16.5. The zero-order valence-corrected chi connectivity index (χ0v) is 25.4. The lowest BCUT2D eigenvalue weighted by molar-refractivity contribution is -0.137. The quantitative estimate of drug-likeness (QED) is 0.237. The van der Waals surface area contributed by atoms with Crippen molar-refractivity contribution in [2.24, 2.45) is 5.92 Å². The first-order chi connectivity index (χ1) is 19.0. The number of ether oxygens (including phenoxy) is 1. The summed E-state index contributed by atoms with van der Waals surface area (Å²) in [6.45, 7) is 14.2. The second-order valence-corrected chi connectivity index (χ2v) is 12.0. The summed E-state index contributed by atoms with van der Waals surface area (Å²) in [6, 6.07) is 20.0. The van der Waals surface area contributed by atoms with Crippen LogP contribution in [0.15, 0.2) is 66.9 Å². The van der Waals surface area contributed by atoms with Crippen LogP contribution in [0.3, 0.4) is 0 Å². The van der Waals surface area contributed by atoms with Crippen LogP contribution in [-0.4, -0.2) is 51.9 Å². The topological polar surface area (TPSA) is 54.8 Å². The van der Waals surface area contributed by atoms with Gasteiger partial charge in [0.2, 0.25) is 5.91 Å². The fraction of sp³-hybridized carbons (Fsp3) is 0.471. The molecule has 0 saturated carbocycles. The lowest BCUT2D eigenvalue weighted by Crippen LogP contribution is -2.50. The van der Waals surface area contributed by atoms with Gasteiger partial charge in [0.1, 0.15) is 12.3 Å². The highest BCUT2D eigenvalue weighted by molar-refractivity contribution is 5.96. The number of aryl methyl sites for hydroxylation is 1.